The van der Waals surface area contributed by atoms with E-state index in [1.807, 2.05) is 12.1 Å². The number of aliphatic hydroxyl groups is 2. The average molecular weight is 331 g/mol. The van der Waals surface area contributed by atoms with Gasteiger partial charge in [-0.1, -0.05) is 24.3 Å². The molecule has 3 aliphatic rings. The van der Waals surface area contributed by atoms with Gasteiger partial charge in [-0.25, -0.2) is 0 Å². The molecule has 1 heterocycles. The number of carbonyl (C=O) groups is 1. The van der Waals surface area contributed by atoms with Gasteiger partial charge in [0.05, 0.1) is 12.7 Å². The van der Waals surface area contributed by atoms with E-state index in [9.17, 15) is 9.90 Å². The highest BCUT2D eigenvalue weighted by atomic mass is 16.8. The van der Waals surface area contributed by atoms with E-state index in [1.54, 1.807) is 6.08 Å². The van der Waals surface area contributed by atoms with Crippen LogP contribution >= 0.6 is 0 Å². The first kappa shape index (κ1) is 15.8. The average Bonchev–Trinajstić information content (AvgIpc) is 3.11. The molecule has 1 fully saturated rings. The topological polar surface area (TPSA) is 88.0 Å². The van der Waals surface area contributed by atoms with E-state index in [4.69, 9.17) is 14.6 Å². The number of hydrogen-bond donors (Lipinski definition) is 3. The van der Waals surface area contributed by atoms with Gasteiger partial charge in [0.1, 0.15) is 12.2 Å². The van der Waals surface area contributed by atoms with E-state index >= 15 is 0 Å². The normalized spacial score (nSPS) is 29.9. The van der Waals surface area contributed by atoms with E-state index in [-0.39, 0.29) is 25.5 Å². The molecule has 1 aromatic rings. The van der Waals surface area contributed by atoms with Crippen molar-refractivity contribution in [2.75, 3.05) is 13.2 Å². The molecule has 128 valence electrons. The minimum atomic E-state index is -0.780. The van der Waals surface area contributed by atoms with Crippen molar-refractivity contribution in [3.8, 4) is 0 Å². The predicted octanol–water partition coefficient (Wildman–Crippen LogP) is 0.0650. The molecule has 3 atom stereocenters. The van der Waals surface area contributed by atoms with Crippen LogP contribution < -0.4 is 5.32 Å². The fourth-order valence-electron chi connectivity index (χ4n) is 3.86. The summed E-state index contributed by atoms with van der Waals surface area (Å²) in [5.74, 6) is -1.02. The van der Waals surface area contributed by atoms with Gasteiger partial charge in [0.2, 0.25) is 5.91 Å². The SMILES string of the molecule is O=C(NCCO)C1=C[C@H]2OC3(Cc4ccccc4C3)O[C@H]2[C@H](O)C1. The van der Waals surface area contributed by atoms with Gasteiger partial charge in [0, 0.05) is 31.4 Å². The summed E-state index contributed by atoms with van der Waals surface area (Å²) >= 11 is 0. The molecule has 1 amide bonds. The van der Waals surface area contributed by atoms with Crippen LogP contribution in [0, 0.1) is 0 Å². The fraction of sp³-hybridized carbons (Fsp3) is 0.500. The zero-order chi connectivity index (χ0) is 16.7. The molecule has 1 aromatic carbocycles. The van der Waals surface area contributed by atoms with Crippen LogP contribution in [-0.2, 0) is 27.1 Å². The molecule has 0 bridgehead atoms. The van der Waals surface area contributed by atoms with Crippen LogP contribution in [-0.4, -0.2) is 53.4 Å². The Morgan fingerprint density at radius 3 is 2.62 bits per heavy atom. The molecule has 24 heavy (non-hydrogen) atoms. The van der Waals surface area contributed by atoms with Gasteiger partial charge in [-0.15, -0.1) is 0 Å². The number of carbonyl (C=O) groups excluding carboxylic acids is 1. The molecule has 6 nitrogen and oxygen atoms in total. The van der Waals surface area contributed by atoms with Crippen molar-refractivity contribution in [2.45, 2.75) is 43.4 Å². The second-order valence-corrected chi connectivity index (χ2v) is 6.64. The lowest BCUT2D eigenvalue weighted by Crippen LogP contribution is -2.41. The lowest BCUT2D eigenvalue weighted by molar-refractivity contribution is -0.171. The Labute approximate surface area is 140 Å². The standard InChI is InChI=1S/C18H21NO5/c20-6-5-19-17(22)13-7-14(21)16-15(8-13)23-18(24-16)9-11-3-1-2-4-12(11)10-18/h1-4,8,14-16,20-21H,5-7,9-10H2,(H,19,22)/t14-,15-,16+/m1/s1. The van der Waals surface area contributed by atoms with Gasteiger partial charge in [-0.05, 0) is 17.2 Å². The van der Waals surface area contributed by atoms with Crippen molar-refractivity contribution in [1.82, 2.24) is 5.32 Å². The molecule has 1 saturated heterocycles. The van der Waals surface area contributed by atoms with Crippen molar-refractivity contribution in [3.63, 3.8) is 0 Å². The molecule has 3 N–H and O–H groups in total. The van der Waals surface area contributed by atoms with E-state index in [0.29, 0.717) is 18.4 Å². The molecule has 0 aromatic heterocycles. The van der Waals surface area contributed by atoms with E-state index in [1.165, 1.54) is 11.1 Å². The largest absolute Gasteiger partial charge is 0.395 e. The Bertz CT molecular complexity index is 661. The van der Waals surface area contributed by atoms with Gasteiger partial charge in [0.25, 0.3) is 0 Å². The third-order valence-electron chi connectivity index (χ3n) is 4.93. The summed E-state index contributed by atoms with van der Waals surface area (Å²) in [6, 6.07) is 8.13. The monoisotopic (exact) mass is 331 g/mol. The molecule has 0 radical (unpaired) electrons. The minimum absolute atomic E-state index is 0.116. The van der Waals surface area contributed by atoms with Crippen molar-refractivity contribution in [3.05, 3.63) is 47.0 Å². The van der Waals surface area contributed by atoms with E-state index < -0.39 is 24.1 Å². The van der Waals surface area contributed by atoms with Crippen molar-refractivity contribution in [2.24, 2.45) is 0 Å². The van der Waals surface area contributed by atoms with Gasteiger partial charge < -0.3 is 25.0 Å². The maximum Gasteiger partial charge on any atom is 0.247 e. The number of rotatable bonds is 3. The van der Waals surface area contributed by atoms with Gasteiger partial charge in [0.15, 0.2) is 5.79 Å². The Morgan fingerprint density at radius 1 is 1.25 bits per heavy atom. The van der Waals surface area contributed by atoms with Crippen LogP contribution in [0.2, 0.25) is 0 Å². The first-order chi connectivity index (χ1) is 11.6. The molecular weight excluding hydrogens is 310 g/mol. The Hall–Kier alpha value is -1.73. The maximum absolute atomic E-state index is 12.1. The zero-order valence-electron chi connectivity index (χ0n) is 13.3. The second kappa shape index (κ2) is 5.97. The summed E-state index contributed by atoms with van der Waals surface area (Å²) in [5.41, 5.74) is 2.89. The fourth-order valence-corrected chi connectivity index (χ4v) is 3.86. The van der Waals surface area contributed by atoms with Crippen molar-refractivity contribution in [1.29, 1.82) is 0 Å². The number of aliphatic hydroxyl groups excluding tert-OH is 2. The van der Waals surface area contributed by atoms with Crippen LogP contribution in [0.5, 0.6) is 0 Å². The summed E-state index contributed by atoms with van der Waals surface area (Å²) in [4.78, 5) is 12.1. The van der Waals surface area contributed by atoms with Crippen molar-refractivity contribution >= 4 is 5.91 Å². The van der Waals surface area contributed by atoms with Crippen LogP contribution in [0.3, 0.4) is 0 Å². The predicted molar refractivity (Wildman–Crippen MR) is 85.1 cm³/mol. The number of fused-ring (bicyclic) bond motifs is 2. The van der Waals surface area contributed by atoms with Gasteiger partial charge >= 0.3 is 0 Å². The lowest BCUT2D eigenvalue weighted by atomic mass is 9.92. The Balaban J connectivity index is 1.53. The molecule has 6 heteroatoms. The van der Waals surface area contributed by atoms with Gasteiger partial charge in [-0.2, -0.15) is 0 Å². The highest BCUT2D eigenvalue weighted by Gasteiger charge is 2.53. The summed E-state index contributed by atoms with van der Waals surface area (Å²) < 4.78 is 12.3. The Kier molecular flexibility index (Phi) is 3.92. The Morgan fingerprint density at radius 2 is 1.96 bits per heavy atom. The van der Waals surface area contributed by atoms with Gasteiger partial charge in [-0.3, -0.25) is 4.79 Å². The zero-order valence-corrected chi connectivity index (χ0v) is 13.3. The third-order valence-corrected chi connectivity index (χ3v) is 4.93. The van der Waals surface area contributed by atoms with E-state index in [0.717, 1.165) is 0 Å². The number of nitrogens with one attached hydrogen (secondary N) is 1. The molecule has 0 unspecified atom stereocenters. The second-order valence-electron chi connectivity index (χ2n) is 6.64. The number of benzene rings is 1. The molecular formula is C18H21NO5. The minimum Gasteiger partial charge on any atom is -0.395 e. The van der Waals surface area contributed by atoms with E-state index in [2.05, 4.69) is 17.4 Å². The summed E-state index contributed by atoms with van der Waals surface area (Å²) in [5, 5.41) is 21.8. The van der Waals surface area contributed by atoms with Crippen LogP contribution in [0.25, 0.3) is 0 Å². The first-order valence-electron chi connectivity index (χ1n) is 8.30. The lowest BCUT2D eigenvalue weighted by Gasteiger charge is -2.26. The number of amides is 1. The third kappa shape index (κ3) is 2.65. The molecule has 2 aliphatic carbocycles. The molecule has 1 aliphatic heterocycles. The smallest absolute Gasteiger partial charge is 0.247 e. The summed E-state index contributed by atoms with van der Waals surface area (Å²) in [6.07, 6.45) is 1.63. The highest BCUT2D eigenvalue weighted by Crippen LogP contribution is 2.44. The number of ether oxygens (including phenoxy) is 2. The summed E-state index contributed by atoms with van der Waals surface area (Å²) in [7, 11) is 0. The van der Waals surface area contributed by atoms with Crippen LogP contribution in [0.15, 0.2) is 35.9 Å². The molecule has 1 spiro atoms. The van der Waals surface area contributed by atoms with Crippen LogP contribution in [0.1, 0.15) is 17.5 Å². The summed E-state index contributed by atoms with van der Waals surface area (Å²) in [6.45, 7) is 0.0750. The maximum atomic E-state index is 12.1. The number of hydrogen-bond acceptors (Lipinski definition) is 5. The van der Waals surface area contributed by atoms with Crippen molar-refractivity contribution < 1.29 is 24.5 Å². The molecule has 0 saturated carbocycles. The first-order valence-corrected chi connectivity index (χ1v) is 8.30. The van der Waals surface area contributed by atoms with Crippen LogP contribution in [0.4, 0.5) is 0 Å². The highest BCUT2D eigenvalue weighted by molar-refractivity contribution is 5.93. The quantitative estimate of drug-likeness (QED) is 0.729. The molecule has 4 rings (SSSR count).